The van der Waals surface area contributed by atoms with Gasteiger partial charge in [0.25, 0.3) is 0 Å². The van der Waals surface area contributed by atoms with Gasteiger partial charge >= 0.3 is 12.1 Å². The molecule has 1 rings (SSSR count). The maximum Gasteiger partial charge on any atom is 0.408 e. The lowest BCUT2D eigenvalue weighted by Gasteiger charge is -2.22. The molecule has 1 amide bonds. The summed E-state index contributed by atoms with van der Waals surface area (Å²) in [6, 6.07) is 2.55. The molecule has 1 aromatic rings. The number of carbonyl (C=O) groups excluding carboxylic acids is 2. The number of aromatic nitrogens is 1. The smallest absolute Gasteiger partial charge is 0.408 e. The quantitative estimate of drug-likeness (QED) is 0.411. The van der Waals surface area contributed by atoms with E-state index < -0.39 is 23.7 Å². The number of nitrogens with zero attached hydrogens (tertiary/aromatic N) is 1. The summed E-state index contributed by atoms with van der Waals surface area (Å²) in [5.41, 5.74) is -0.0777. The van der Waals surface area contributed by atoms with Crippen molar-refractivity contribution in [2.24, 2.45) is 0 Å². The first kappa shape index (κ1) is 24.6. The Morgan fingerprint density at radius 3 is 2.38 bits per heavy atom. The summed E-state index contributed by atoms with van der Waals surface area (Å²) in [5, 5.41) is 2.52. The fourth-order valence-corrected chi connectivity index (χ4v) is 2.19. The normalized spacial score (nSPS) is 12.2. The van der Waals surface area contributed by atoms with Crippen LogP contribution in [-0.2, 0) is 30.2 Å². The Morgan fingerprint density at radius 1 is 1.10 bits per heavy atom. The number of ether oxygens (including phenoxy) is 5. The lowest BCUT2D eigenvalue weighted by Crippen LogP contribution is -2.45. The van der Waals surface area contributed by atoms with Gasteiger partial charge in [0.05, 0.1) is 33.1 Å². The molecule has 1 heterocycles. The molecule has 9 heteroatoms. The largest absolute Gasteiger partial charge is 0.490 e. The van der Waals surface area contributed by atoms with Crippen molar-refractivity contribution >= 4 is 12.1 Å². The number of hydrogen-bond donors (Lipinski definition) is 1. The van der Waals surface area contributed by atoms with Crippen LogP contribution in [0.3, 0.4) is 0 Å². The van der Waals surface area contributed by atoms with E-state index in [1.54, 1.807) is 39.1 Å². The highest BCUT2D eigenvalue weighted by Gasteiger charge is 2.25. The van der Waals surface area contributed by atoms with Crippen LogP contribution in [0.5, 0.6) is 5.75 Å². The molecule has 0 aliphatic heterocycles. The third kappa shape index (κ3) is 11.3. The molecular formula is C20H32N2O7. The molecule has 0 spiro atoms. The predicted octanol–water partition coefficient (Wildman–Crippen LogP) is 2.12. The highest BCUT2D eigenvalue weighted by Crippen LogP contribution is 2.12. The highest BCUT2D eigenvalue weighted by molar-refractivity contribution is 5.81. The first-order valence-corrected chi connectivity index (χ1v) is 9.55. The third-order valence-corrected chi connectivity index (χ3v) is 3.46. The first-order valence-electron chi connectivity index (χ1n) is 9.55. The average Bonchev–Trinajstić information content (AvgIpc) is 2.66. The SMILES string of the molecule is CCOCCOCCOc1ccc(CC(NC(=O)OC(C)(C)C)C(=O)OC)nc1. The molecule has 0 aromatic carbocycles. The molecule has 1 N–H and O–H groups in total. The van der Waals surface area contributed by atoms with Crippen LogP contribution in [0.2, 0.25) is 0 Å². The van der Waals surface area contributed by atoms with Crippen molar-refractivity contribution in [1.82, 2.24) is 10.3 Å². The van der Waals surface area contributed by atoms with Crippen LogP contribution in [0, 0.1) is 0 Å². The number of rotatable bonds is 12. The Bertz CT molecular complexity index is 614. The number of hydrogen-bond acceptors (Lipinski definition) is 8. The van der Waals surface area contributed by atoms with Crippen LogP contribution in [0.15, 0.2) is 18.3 Å². The molecule has 0 radical (unpaired) electrons. The lowest BCUT2D eigenvalue weighted by molar-refractivity contribution is -0.143. The summed E-state index contributed by atoms with van der Waals surface area (Å²) in [7, 11) is 1.26. The van der Waals surface area contributed by atoms with Crippen molar-refractivity contribution in [1.29, 1.82) is 0 Å². The van der Waals surface area contributed by atoms with E-state index >= 15 is 0 Å². The Morgan fingerprint density at radius 2 is 1.79 bits per heavy atom. The van der Waals surface area contributed by atoms with Gasteiger partial charge in [0.2, 0.25) is 0 Å². The van der Waals surface area contributed by atoms with Gasteiger partial charge < -0.3 is 29.0 Å². The zero-order valence-corrected chi connectivity index (χ0v) is 17.9. The molecule has 0 saturated heterocycles. The fraction of sp³-hybridized carbons (Fsp3) is 0.650. The molecule has 0 bridgehead atoms. The van der Waals surface area contributed by atoms with Crippen molar-refractivity contribution in [3.63, 3.8) is 0 Å². The first-order chi connectivity index (χ1) is 13.7. The number of methoxy groups -OCH3 is 1. The minimum absolute atomic E-state index is 0.159. The zero-order valence-electron chi connectivity index (χ0n) is 17.9. The van der Waals surface area contributed by atoms with Crippen molar-refractivity contribution in [2.45, 2.75) is 45.8 Å². The van der Waals surface area contributed by atoms with E-state index in [0.717, 1.165) is 0 Å². The summed E-state index contributed by atoms with van der Waals surface area (Å²) >= 11 is 0. The van der Waals surface area contributed by atoms with Gasteiger partial charge in [0.1, 0.15) is 24.0 Å². The Kier molecular flexibility index (Phi) is 11.0. The molecule has 0 aliphatic rings. The van der Waals surface area contributed by atoms with Gasteiger partial charge in [-0.2, -0.15) is 0 Å². The molecule has 1 unspecified atom stereocenters. The topological polar surface area (TPSA) is 105 Å². The van der Waals surface area contributed by atoms with Crippen LogP contribution in [0.25, 0.3) is 0 Å². The average molecular weight is 412 g/mol. The van der Waals surface area contributed by atoms with E-state index in [1.807, 2.05) is 6.92 Å². The van der Waals surface area contributed by atoms with Gasteiger partial charge in [0.15, 0.2) is 0 Å². The molecule has 0 fully saturated rings. The Hall–Kier alpha value is -2.39. The van der Waals surface area contributed by atoms with Crippen LogP contribution in [0.1, 0.15) is 33.4 Å². The van der Waals surface area contributed by atoms with Gasteiger partial charge in [-0.05, 0) is 39.8 Å². The number of alkyl carbamates (subject to hydrolysis) is 1. The van der Waals surface area contributed by atoms with Gasteiger partial charge in [-0.25, -0.2) is 9.59 Å². The molecule has 1 aromatic heterocycles. The minimum atomic E-state index is -0.909. The van der Waals surface area contributed by atoms with Crippen LogP contribution >= 0.6 is 0 Å². The predicted molar refractivity (Wildman–Crippen MR) is 106 cm³/mol. The summed E-state index contributed by atoms with van der Waals surface area (Å²) in [5.74, 6) is -0.000866. The fourth-order valence-electron chi connectivity index (χ4n) is 2.19. The molecule has 0 saturated carbocycles. The molecular weight excluding hydrogens is 380 g/mol. The second kappa shape index (κ2) is 12.9. The second-order valence-electron chi connectivity index (χ2n) is 7.07. The van der Waals surface area contributed by atoms with Crippen LogP contribution in [-0.4, -0.2) is 68.8 Å². The Labute approximate surface area is 172 Å². The molecule has 164 valence electrons. The lowest BCUT2D eigenvalue weighted by atomic mass is 10.1. The van der Waals surface area contributed by atoms with E-state index in [0.29, 0.717) is 44.5 Å². The van der Waals surface area contributed by atoms with Gasteiger partial charge in [-0.3, -0.25) is 4.98 Å². The summed E-state index contributed by atoms with van der Waals surface area (Å²) < 4.78 is 26.0. The molecule has 1 atom stereocenters. The third-order valence-electron chi connectivity index (χ3n) is 3.46. The summed E-state index contributed by atoms with van der Waals surface area (Å²) in [4.78, 5) is 28.2. The van der Waals surface area contributed by atoms with E-state index in [2.05, 4.69) is 10.3 Å². The number of amides is 1. The zero-order chi connectivity index (χ0) is 21.7. The van der Waals surface area contributed by atoms with E-state index in [9.17, 15) is 9.59 Å². The standard InChI is InChI=1S/C20H32N2O7/c1-6-26-9-10-27-11-12-28-16-8-7-15(21-14-16)13-17(18(23)25-5)22-19(24)29-20(2,3)4/h7-8,14,17H,6,9-13H2,1-5H3,(H,22,24). The molecule has 29 heavy (non-hydrogen) atoms. The van der Waals surface area contributed by atoms with E-state index in [-0.39, 0.29) is 6.42 Å². The maximum atomic E-state index is 12.0. The van der Waals surface area contributed by atoms with Crippen molar-refractivity contribution in [3.05, 3.63) is 24.0 Å². The van der Waals surface area contributed by atoms with Gasteiger partial charge in [0, 0.05) is 18.7 Å². The number of pyridine rings is 1. The number of esters is 1. The summed E-state index contributed by atoms with van der Waals surface area (Å²) in [6.45, 7) is 9.73. The van der Waals surface area contributed by atoms with Crippen molar-refractivity contribution in [3.8, 4) is 5.75 Å². The van der Waals surface area contributed by atoms with E-state index in [4.69, 9.17) is 23.7 Å². The number of carbonyl (C=O) groups is 2. The second-order valence-corrected chi connectivity index (χ2v) is 7.07. The highest BCUT2D eigenvalue weighted by atomic mass is 16.6. The number of nitrogens with one attached hydrogen (secondary N) is 1. The van der Waals surface area contributed by atoms with Gasteiger partial charge in [-0.15, -0.1) is 0 Å². The van der Waals surface area contributed by atoms with Crippen molar-refractivity contribution in [2.75, 3.05) is 40.1 Å². The van der Waals surface area contributed by atoms with E-state index in [1.165, 1.54) is 7.11 Å². The minimum Gasteiger partial charge on any atom is -0.490 e. The van der Waals surface area contributed by atoms with Crippen molar-refractivity contribution < 1.29 is 33.3 Å². The Balaban J connectivity index is 2.50. The monoisotopic (exact) mass is 412 g/mol. The van der Waals surface area contributed by atoms with Gasteiger partial charge in [-0.1, -0.05) is 0 Å². The van der Waals surface area contributed by atoms with Crippen LogP contribution in [0.4, 0.5) is 4.79 Å². The molecule has 0 aliphatic carbocycles. The maximum absolute atomic E-state index is 12.0. The molecule has 9 nitrogen and oxygen atoms in total. The van der Waals surface area contributed by atoms with Crippen LogP contribution < -0.4 is 10.1 Å². The summed E-state index contributed by atoms with van der Waals surface area (Å²) in [6.07, 6.45) is 1.02.